The molecule has 0 aromatic rings. The van der Waals surface area contributed by atoms with Gasteiger partial charge >= 0.3 is 11.9 Å². The monoisotopic (exact) mass is 448 g/mol. The number of aliphatic carboxylic acids is 2. The van der Waals surface area contributed by atoms with E-state index in [1.165, 1.54) is 0 Å². The zero-order chi connectivity index (χ0) is 23.4. The first-order valence-corrected chi connectivity index (χ1v) is 9.27. The largest absolute Gasteiger partial charge is 0.479 e. The first-order chi connectivity index (χ1) is 14.0. The first kappa shape index (κ1) is 27.2. The van der Waals surface area contributed by atoms with Crippen LogP contribution in [0.1, 0.15) is 19.3 Å². The molecule has 0 saturated carbocycles. The van der Waals surface area contributed by atoms with E-state index in [4.69, 9.17) is 21.7 Å². The molecule has 0 saturated heterocycles. The van der Waals surface area contributed by atoms with Gasteiger partial charge in [0, 0.05) is 12.2 Å². The lowest BCUT2D eigenvalue weighted by Crippen LogP contribution is -2.51. The Kier molecular flexibility index (Phi) is 12.1. The van der Waals surface area contributed by atoms with Crippen LogP contribution in [0.15, 0.2) is 0 Å². The van der Waals surface area contributed by atoms with E-state index in [9.17, 15) is 33.6 Å². The fourth-order valence-corrected chi connectivity index (χ4v) is 2.59. The van der Waals surface area contributed by atoms with Crippen molar-refractivity contribution in [2.45, 2.75) is 31.3 Å². The molecule has 3 unspecified atom stereocenters. The molecule has 30 heavy (non-hydrogen) atoms. The highest BCUT2D eigenvalue weighted by Gasteiger charge is 2.37. The highest BCUT2D eigenvalue weighted by Crippen LogP contribution is 2.16. The quantitative estimate of drug-likeness (QED) is 0.0956. The Morgan fingerprint density at radius 2 is 1.27 bits per heavy atom. The van der Waals surface area contributed by atoms with Gasteiger partial charge in [0.05, 0.1) is 19.0 Å². The van der Waals surface area contributed by atoms with Gasteiger partial charge in [0.25, 0.3) is 0 Å². The van der Waals surface area contributed by atoms with Crippen molar-refractivity contribution >= 4 is 53.7 Å². The number of carboxylic acid groups (broad SMARTS) is 2. The number of nitrogens with two attached hydrogens (primary N) is 2. The number of carboxylic acids is 2. The van der Waals surface area contributed by atoms with E-state index in [0.717, 1.165) is 0 Å². The minimum absolute atomic E-state index is 0.172. The van der Waals surface area contributed by atoms with Crippen molar-refractivity contribution < 1.29 is 43.8 Å². The Morgan fingerprint density at radius 1 is 0.800 bits per heavy atom. The smallest absolute Gasteiger partial charge is 0.334 e. The standard InChI is InChI=1S/C16H24N4O9S/c17-4-10(23)19-12(15(26)27)8(21)3-1-2-7(9(22)6-30)14(25)13(16(28)29)20-11(24)5-18/h7,12-13,30H,1-6,17-18H2,(H,19,23)(H,20,24)(H,26,27)(H,28,29). The van der Waals surface area contributed by atoms with Gasteiger partial charge < -0.3 is 32.3 Å². The summed E-state index contributed by atoms with van der Waals surface area (Å²) in [5, 5.41) is 22.0. The van der Waals surface area contributed by atoms with Gasteiger partial charge in [-0.25, -0.2) is 9.59 Å². The van der Waals surface area contributed by atoms with Gasteiger partial charge in [0.2, 0.25) is 11.8 Å². The number of carbonyl (C=O) groups excluding carboxylic acids is 5. The van der Waals surface area contributed by atoms with Gasteiger partial charge in [-0.15, -0.1) is 0 Å². The minimum atomic E-state index is -2.03. The molecule has 14 heteroatoms. The molecular formula is C16H24N4O9S. The second kappa shape index (κ2) is 13.4. The molecule has 0 aromatic heterocycles. The minimum Gasteiger partial charge on any atom is -0.479 e. The van der Waals surface area contributed by atoms with Crippen LogP contribution < -0.4 is 22.1 Å². The molecule has 3 atom stereocenters. The third-order valence-electron chi connectivity index (χ3n) is 3.89. The molecule has 0 aliphatic rings. The van der Waals surface area contributed by atoms with Gasteiger partial charge in [0.1, 0.15) is 0 Å². The zero-order valence-electron chi connectivity index (χ0n) is 15.8. The SMILES string of the molecule is NCC(=O)NC(C(=O)O)C(=O)CCCC(C(=O)CS)C(=O)C(NC(=O)CN)C(=O)O. The van der Waals surface area contributed by atoms with Crippen LogP contribution in [-0.2, 0) is 33.6 Å². The number of carbonyl (C=O) groups is 7. The number of Topliss-reactive ketones (excluding diaryl/α,β-unsaturated/α-hetero) is 3. The third-order valence-corrected chi connectivity index (χ3v) is 4.20. The molecule has 13 nitrogen and oxygen atoms in total. The normalized spacial score (nSPS) is 13.4. The summed E-state index contributed by atoms with van der Waals surface area (Å²) in [6.45, 7) is -1.11. The maximum Gasteiger partial charge on any atom is 0.334 e. The highest BCUT2D eigenvalue weighted by atomic mass is 32.1. The summed E-state index contributed by atoms with van der Waals surface area (Å²) in [6, 6.07) is -3.88. The fourth-order valence-electron chi connectivity index (χ4n) is 2.37. The van der Waals surface area contributed by atoms with E-state index < -0.39 is 84.4 Å². The van der Waals surface area contributed by atoms with E-state index in [1.54, 1.807) is 0 Å². The molecular weight excluding hydrogens is 424 g/mol. The molecule has 8 N–H and O–H groups in total. The molecule has 0 bridgehead atoms. The number of rotatable bonds is 15. The Balaban J connectivity index is 5.24. The average molecular weight is 448 g/mol. The Bertz CT molecular complexity index is 713. The lowest BCUT2D eigenvalue weighted by molar-refractivity contribution is -0.148. The van der Waals surface area contributed by atoms with Crippen molar-refractivity contribution in [2.24, 2.45) is 17.4 Å². The maximum absolute atomic E-state index is 12.5. The zero-order valence-corrected chi connectivity index (χ0v) is 16.7. The molecule has 2 amide bonds. The molecule has 0 aliphatic heterocycles. The van der Waals surface area contributed by atoms with E-state index in [0.29, 0.717) is 0 Å². The third kappa shape index (κ3) is 8.67. The van der Waals surface area contributed by atoms with Gasteiger partial charge in [0.15, 0.2) is 29.4 Å². The lowest BCUT2D eigenvalue weighted by Gasteiger charge is -2.20. The number of hydrogen-bond acceptors (Lipinski definition) is 10. The molecule has 0 fully saturated rings. The molecule has 0 heterocycles. The predicted molar refractivity (Wildman–Crippen MR) is 103 cm³/mol. The number of nitrogens with one attached hydrogen (secondary N) is 2. The second-order valence-corrected chi connectivity index (χ2v) is 6.34. The molecule has 0 rings (SSSR count). The lowest BCUT2D eigenvalue weighted by atomic mass is 9.88. The molecule has 0 spiro atoms. The van der Waals surface area contributed by atoms with Crippen molar-refractivity contribution in [3.63, 3.8) is 0 Å². The summed E-state index contributed by atoms with van der Waals surface area (Å²) in [7, 11) is 0. The van der Waals surface area contributed by atoms with Crippen molar-refractivity contribution in [2.75, 3.05) is 18.8 Å². The number of amides is 2. The Morgan fingerprint density at radius 3 is 1.67 bits per heavy atom. The maximum atomic E-state index is 12.5. The summed E-state index contributed by atoms with van der Waals surface area (Å²) in [6.07, 6.45) is -0.907. The number of hydrogen-bond donors (Lipinski definition) is 7. The van der Waals surface area contributed by atoms with Crippen LogP contribution in [0, 0.1) is 5.92 Å². The fraction of sp³-hybridized carbons (Fsp3) is 0.562. The number of ketones is 3. The van der Waals surface area contributed by atoms with E-state index in [2.05, 4.69) is 12.6 Å². The average Bonchev–Trinajstić information content (AvgIpc) is 2.70. The topological polar surface area (TPSA) is 236 Å². The van der Waals surface area contributed by atoms with Gasteiger partial charge in [-0.05, 0) is 12.8 Å². The molecule has 0 radical (unpaired) electrons. The van der Waals surface area contributed by atoms with Crippen LogP contribution in [0.5, 0.6) is 0 Å². The molecule has 0 aromatic carbocycles. The van der Waals surface area contributed by atoms with Crippen LogP contribution in [0.25, 0.3) is 0 Å². The Hall–Kier alpha value is -2.84. The van der Waals surface area contributed by atoms with Crippen molar-refractivity contribution in [3.8, 4) is 0 Å². The summed E-state index contributed by atoms with van der Waals surface area (Å²) < 4.78 is 0. The summed E-state index contributed by atoms with van der Waals surface area (Å²) in [5.41, 5.74) is 10.1. The van der Waals surface area contributed by atoms with Crippen LogP contribution in [-0.4, -0.2) is 82.2 Å². The Labute approximate surface area is 176 Å². The van der Waals surface area contributed by atoms with Crippen LogP contribution in [0.4, 0.5) is 0 Å². The summed E-state index contributed by atoms with van der Waals surface area (Å²) in [5.74, 6) is -9.79. The number of thiol groups is 1. The van der Waals surface area contributed by atoms with Crippen LogP contribution in [0.2, 0.25) is 0 Å². The molecule has 168 valence electrons. The van der Waals surface area contributed by atoms with Crippen molar-refractivity contribution in [3.05, 3.63) is 0 Å². The van der Waals surface area contributed by atoms with Gasteiger partial charge in [-0.3, -0.25) is 24.0 Å². The second-order valence-electron chi connectivity index (χ2n) is 6.02. The van der Waals surface area contributed by atoms with E-state index in [1.807, 2.05) is 10.6 Å². The van der Waals surface area contributed by atoms with Crippen LogP contribution >= 0.6 is 12.6 Å². The van der Waals surface area contributed by atoms with Gasteiger partial charge in [-0.2, -0.15) is 12.6 Å². The summed E-state index contributed by atoms with van der Waals surface area (Å²) >= 11 is 3.77. The first-order valence-electron chi connectivity index (χ1n) is 8.64. The molecule has 0 aliphatic carbocycles. The highest BCUT2D eigenvalue weighted by molar-refractivity contribution is 7.81. The summed E-state index contributed by atoms with van der Waals surface area (Å²) in [4.78, 5) is 81.7. The van der Waals surface area contributed by atoms with E-state index in [-0.39, 0.29) is 12.8 Å². The van der Waals surface area contributed by atoms with Crippen LogP contribution in [0.3, 0.4) is 0 Å². The van der Waals surface area contributed by atoms with E-state index >= 15 is 0 Å². The van der Waals surface area contributed by atoms with Crippen molar-refractivity contribution in [1.29, 1.82) is 0 Å². The predicted octanol–water partition coefficient (Wildman–Crippen LogP) is -3.53. The van der Waals surface area contributed by atoms with Crippen molar-refractivity contribution in [1.82, 2.24) is 10.6 Å². The van der Waals surface area contributed by atoms with Gasteiger partial charge in [-0.1, -0.05) is 0 Å².